The lowest BCUT2D eigenvalue weighted by Gasteiger charge is -2.10. The van der Waals surface area contributed by atoms with E-state index in [4.69, 9.17) is 4.74 Å². The Kier molecular flexibility index (Phi) is 5.14. The maximum Gasteiger partial charge on any atom is 0.320 e. The highest BCUT2D eigenvalue weighted by Crippen LogP contribution is 2.30. The van der Waals surface area contributed by atoms with Crippen LogP contribution in [0.25, 0.3) is 22.4 Å². The highest BCUT2D eigenvalue weighted by Gasteiger charge is 2.19. The van der Waals surface area contributed by atoms with Crippen LogP contribution in [0.15, 0.2) is 66.7 Å². The number of benzene rings is 3. The van der Waals surface area contributed by atoms with Crippen molar-refractivity contribution in [3.05, 3.63) is 78.1 Å². The first-order chi connectivity index (χ1) is 14.5. The van der Waals surface area contributed by atoms with Crippen molar-refractivity contribution in [2.45, 2.75) is 6.55 Å². The lowest BCUT2D eigenvalue weighted by atomic mass is 10.1. The van der Waals surface area contributed by atoms with Gasteiger partial charge < -0.3 is 10.1 Å². The van der Waals surface area contributed by atoms with Crippen LogP contribution in [0.5, 0.6) is 5.75 Å². The van der Waals surface area contributed by atoms with Crippen molar-refractivity contribution in [3.63, 3.8) is 0 Å². The third-order valence-corrected chi connectivity index (χ3v) is 4.61. The van der Waals surface area contributed by atoms with Gasteiger partial charge in [-0.1, -0.05) is 12.1 Å². The van der Waals surface area contributed by atoms with E-state index in [0.717, 1.165) is 10.6 Å². The van der Waals surface area contributed by atoms with E-state index in [1.54, 1.807) is 48.5 Å². The molecule has 0 bridgehead atoms. The summed E-state index contributed by atoms with van der Waals surface area (Å²) in [5.41, 5.74) is 1.49. The Morgan fingerprint density at radius 1 is 1.07 bits per heavy atom. The zero-order valence-corrected chi connectivity index (χ0v) is 15.8. The lowest BCUT2D eigenvalue weighted by Crippen LogP contribution is -2.13. The number of amides is 1. The van der Waals surface area contributed by atoms with Gasteiger partial charge in [-0.2, -0.15) is 8.78 Å². The highest BCUT2D eigenvalue weighted by atomic mass is 19.3. The molecular formula is C22H16F3N3O2. The monoisotopic (exact) mass is 411 g/mol. The minimum absolute atomic E-state index is 0.116. The van der Waals surface area contributed by atoms with Crippen LogP contribution in [0, 0.1) is 5.82 Å². The molecule has 1 N–H and O–H groups in total. The van der Waals surface area contributed by atoms with Crippen LogP contribution < -0.4 is 10.1 Å². The Balaban J connectivity index is 1.60. The van der Waals surface area contributed by atoms with Crippen molar-refractivity contribution >= 4 is 22.6 Å². The molecule has 1 aromatic heterocycles. The smallest absolute Gasteiger partial charge is 0.320 e. The molecule has 4 rings (SSSR count). The number of carbonyl (C=O) groups is 1. The maximum atomic E-state index is 14.1. The third-order valence-electron chi connectivity index (χ3n) is 4.61. The number of rotatable bonds is 5. The van der Waals surface area contributed by atoms with Gasteiger partial charge in [-0.15, -0.1) is 0 Å². The number of imidazole rings is 1. The van der Waals surface area contributed by atoms with Crippen molar-refractivity contribution in [2.24, 2.45) is 0 Å². The second-order valence-corrected chi connectivity index (χ2v) is 6.45. The molecule has 0 atom stereocenters. The summed E-state index contributed by atoms with van der Waals surface area (Å²) < 4.78 is 47.1. The van der Waals surface area contributed by atoms with Gasteiger partial charge in [0.25, 0.3) is 5.91 Å². The molecule has 4 aromatic rings. The molecule has 0 fully saturated rings. The van der Waals surface area contributed by atoms with Crippen LogP contribution in [0.1, 0.15) is 16.9 Å². The summed E-state index contributed by atoms with van der Waals surface area (Å²) in [6.45, 7) is -2.76. The van der Waals surface area contributed by atoms with Crippen molar-refractivity contribution in [2.75, 3.05) is 12.4 Å². The number of aromatic nitrogens is 2. The molecule has 8 heteroatoms. The van der Waals surface area contributed by atoms with Crippen molar-refractivity contribution in [1.82, 2.24) is 9.55 Å². The summed E-state index contributed by atoms with van der Waals surface area (Å²) in [7, 11) is 1.40. The number of halogens is 3. The van der Waals surface area contributed by atoms with E-state index in [9.17, 15) is 18.0 Å². The van der Waals surface area contributed by atoms with E-state index in [2.05, 4.69) is 10.3 Å². The Morgan fingerprint density at radius 2 is 1.80 bits per heavy atom. The number of nitrogens with one attached hydrogen (secondary N) is 1. The molecule has 0 saturated carbocycles. The average molecular weight is 411 g/mol. The number of hydrogen-bond donors (Lipinski definition) is 1. The number of fused-ring (bicyclic) bond motifs is 1. The predicted molar refractivity (Wildman–Crippen MR) is 107 cm³/mol. The van der Waals surface area contributed by atoms with E-state index in [1.807, 2.05) is 0 Å². The highest BCUT2D eigenvalue weighted by molar-refractivity contribution is 6.04. The van der Waals surface area contributed by atoms with Gasteiger partial charge in [0.2, 0.25) is 0 Å². The number of nitrogens with zero attached hydrogens (tertiary/aromatic N) is 2. The van der Waals surface area contributed by atoms with Gasteiger partial charge in [0, 0.05) is 17.3 Å². The summed E-state index contributed by atoms with van der Waals surface area (Å²) in [4.78, 5) is 16.6. The number of alkyl halides is 2. The van der Waals surface area contributed by atoms with Gasteiger partial charge >= 0.3 is 6.55 Å². The fourth-order valence-electron chi connectivity index (χ4n) is 3.15. The van der Waals surface area contributed by atoms with Crippen LogP contribution in [-0.2, 0) is 0 Å². The molecule has 0 unspecified atom stereocenters. The largest absolute Gasteiger partial charge is 0.497 e. The van der Waals surface area contributed by atoms with Crippen molar-refractivity contribution in [3.8, 4) is 17.1 Å². The Labute approximate surface area is 169 Å². The summed E-state index contributed by atoms with van der Waals surface area (Å²) >= 11 is 0. The summed E-state index contributed by atoms with van der Waals surface area (Å²) in [5.74, 6) is -0.933. The Morgan fingerprint density at radius 3 is 2.47 bits per heavy atom. The maximum absolute atomic E-state index is 14.1. The minimum Gasteiger partial charge on any atom is -0.497 e. The van der Waals surface area contributed by atoms with E-state index < -0.39 is 18.3 Å². The quantitative estimate of drug-likeness (QED) is 0.472. The minimum atomic E-state index is -2.76. The zero-order valence-electron chi connectivity index (χ0n) is 15.8. The first-order valence-electron chi connectivity index (χ1n) is 8.98. The van der Waals surface area contributed by atoms with Crippen LogP contribution in [0.2, 0.25) is 0 Å². The van der Waals surface area contributed by atoms with Gasteiger partial charge in [0.05, 0.1) is 23.7 Å². The van der Waals surface area contributed by atoms with E-state index >= 15 is 0 Å². The first-order valence-corrected chi connectivity index (χ1v) is 8.98. The summed E-state index contributed by atoms with van der Waals surface area (Å²) in [6, 6.07) is 16.8. The Hall–Kier alpha value is -3.81. The second kappa shape index (κ2) is 7.90. The Bertz CT molecular complexity index is 1220. The number of para-hydroxylation sites is 2. The molecule has 0 spiro atoms. The van der Waals surface area contributed by atoms with Crippen molar-refractivity contribution in [1.29, 1.82) is 0 Å². The fraction of sp³-hybridized carbons (Fsp3) is 0.0909. The van der Waals surface area contributed by atoms with Crippen LogP contribution in [-0.4, -0.2) is 22.6 Å². The number of carbonyl (C=O) groups excluding carboxylic acids is 1. The molecule has 0 radical (unpaired) electrons. The van der Waals surface area contributed by atoms with Gasteiger partial charge in [-0.25, -0.2) is 9.37 Å². The van der Waals surface area contributed by atoms with E-state index in [1.165, 1.54) is 19.2 Å². The number of ether oxygens (including phenoxy) is 1. The molecule has 5 nitrogen and oxygen atoms in total. The molecule has 1 heterocycles. The average Bonchev–Trinajstić information content (AvgIpc) is 3.14. The molecule has 152 valence electrons. The summed E-state index contributed by atoms with van der Waals surface area (Å²) in [6.07, 6.45) is 0. The lowest BCUT2D eigenvalue weighted by molar-refractivity contribution is 0.0764. The van der Waals surface area contributed by atoms with Gasteiger partial charge in [-0.3, -0.25) is 9.36 Å². The topological polar surface area (TPSA) is 56.1 Å². The molecule has 1 amide bonds. The van der Waals surface area contributed by atoms with Crippen LogP contribution in [0.3, 0.4) is 0 Å². The third kappa shape index (κ3) is 3.59. The first kappa shape index (κ1) is 19.5. The second-order valence-electron chi connectivity index (χ2n) is 6.45. The standard InChI is InChI=1S/C22H16F3N3O2/c1-30-15-10-11-16(17(23)12-15)21(29)26-14-8-6-13(7-9-14)20-27-18-4-2-3-5-19(18)28(20)22(24)25/h2-12,22H,1H3,(H,26,29). The number of anilines is 1. The molecule has 0 saturated heterocycles. The fourth-order valence-corrected chi connectivity index (χ4v) is 3.15. The number of methoxy groups -OCH3 is 1. The predicted octanol–water partition coefficient (Wildman–Crippen LogP) is 5.50. The normalized spacial score (nSPS) is 11.1. The molecule has 30 heavy (non-hydrogen) atoms. The van der Waals surface area contributed by atoms with Crippen molar-refractivity contribution < 1.29 is 22.7 Å². The molecule has 3 aromatic carbocycles. The molecule has 0 aliphatic carbocycles. The van der Waals surface area contributed by atoms with Crippen LogP contribution >= 0.6 is 0 Å². The zero-order chi connectivity index (χ0) is 21.3. The van der Waals surface area contributed by atoms with E-state index in [-0.39, 0.29) is 11.4 Å². The van der Waals surface area contributed by atoms with Gasteiger partial charge in [0.15, 0.2) is 0 Å². The SMILES string of the molecule is COc1ccc(C(=O)Nc2ccc(-c3nc4ccccc4n3C(F)F)cc2)c(F)c1. The van der Waals surface area contributed by atoms with Gasteiger partial charge in [-0.05, 0) is 48.5 Å². The van der Waals surface area contributed by atoms with Gasteiger partial charge in [0.1, 0.15) is 17.4 Å². The molecular weight excluding hydrogens is 395 g/mol. The number of hydrogen-bond acceptors (Lipinski definition) is 3. The van der Waals surface area contributed by atoms with Crippen LogP contribution in [0.4, 0.5) is 18.9 Å². The molecule has 0 aliphatic rings. The molecule has 0 aliphatic heterocycles. The summed E-state index contributed by atoms with van der Waals surface area (Å²) in [5, 5.41) is 2.58. The van der Waals surface area contributed by atoms with E-state index in [0.29, 0.717) is 28.0 Å².